The van der Waals surface area contributed by atoms with Gasteiger partial charge >= 0.3 is 0 Å². The van der Waals surface area contributed by atoms with E-state index in [-0.39, 0.29) is 8.41 Å². The normalized spacial score (nSPS) is 11.2. The van der Waals surface area contributed by atoms with Gasteiger partial charge in [-0.05, 0) is 108 Å². The molecule has 0 saturated carbocycles. The van der Waals surface area contributed by atoms with E-state index in [4.69, 9.17) is 15.3 Å². The average molecular weight is 718 g/mol. The number of benzene rings is 7. The van der Waals surface area contributed by atoms with Gasteiger partial charge in [0.15, 0.2) is 0 Å². The lowest BCUT2D eigenvalue weighted by Gasteiger charge is -2.06. The van der Waals surface area contributed by atoms with Crippen molar-refractivity contribution in [1.29, 1.82) is 0 Å². The molecule has 2 aromatic heterocycles. The molecule has 0 bridgehead atoms. The molecular weight excluding hydrogens is 675 g/mol. The van der Waals surface area contributed by atoms with Crippen LogP contribution >= 0.6 is 0 Å². The van der Waals surface area contributed by atoms with Gasteiger partial charge in [0, 0.05) is 19.2 Å². The van der Waals surface area contributed by atoms with Crippen LogP contribution in [0.5, 0.6) is 0 Å². The summed E-state index contributed by atoms with van der Waals surface area (Å²) in [5.41, 5.74) is 11.4. The molecule has 3 radical (unpaired) electrons. The summed E-state index contributed by atoms with van der Waals surface area (Å²) in [5.74, 6) is 0. The zero-order valence-electron chi connectivity index (χ0n) is 32.0. The van der Waals surface area contributed by atoms with E-state index >= 15 is 0 Å². The molecular formula is C46H42BN8. The zero-order chi connectivity index (χ0) is 37.6. The number of hydrogen-bond acceptors (Lipinski definition) is 6. The van der Waals surface area contributed by atoms with Crippen molar-refractivity contribution in [3.63, 3.8) is 0 Å². The molecule has 0 aliphatic rings. The van der Waals surface area contributed by atoms with Gasteiger partial charge in [0.1, 0.15) is 22.1 Å². The van der Waals surface area contributed by atoms with Crippen LogP contribution < -0.4 is 0 Å². The lowest BCUT2D eigenvalue weighted by Crippen LogP contribution is -1.99. The maximum atomic E-state index is 4.83. The summed E-state index contributed by atoms with van der Waals surface area (Å²) in [6.07, 6.45) is 4.28. The molecule has 0 spiro atoms. The van der Waals surface area contributed by atoms with Crippen molar-refractivity contribution in [2.24, 2.45) is 10.2 Å². The third-order valence-corrected chi connectivity index (χ3v) is 9.09. The van der Waals surface area contributed by atoms with E-state index in [0.717, 1.165) is 88.6 Å². The number of rotatable bonds is 6. The minimum absolute atomic E-state index is 0. The molecule has 9 aromatic rings. The third-order valence-electron chi connectivity index (χ3n) is 9.09. The molecule has 7 aromatic carbocycles. The molecule has 0 N–H and O–H groups in total. The largest absolute Gasteiger partial charge is 0.151 e. The fourth-order valence-electron chi connectivity index (χ4n) is 6.36. The number of fused-ring (bicyclic) bond motifs is 6. The van der Waals surface area contributed by atoms with Crippen LogP contribution in [0, 0.1) is 13.8 Å². The van der Waals surface area contributed by atoms with Crippen molar-refractivity contribution in [2.45, 2.75) is 41.5 Å². The van der Waals surface area contributed by atoms with Crippen LogP contribution in [0.1, 0.15) is 49.9 Å². The van der Waals surface area contributed by atoms with Crippen LogP contribution in [-0.2, 0) is 0 Å². The van der Waals surface area contributed by atoms with Gasteiger partial charge in [-0.1, -0.05) is 113 Å². The van der Waals surface area contributed by atoms with Crippen molar-refractivity contribution in [2.75, 3.05) is 0 Å². The number of hydrogen-bond donors (Lipinski definition) is 0. The van der Waals surface area contributed by atoms with E-state index in [0.29, 0.717) is 0 Å². The highest BCUT2D eigenvalue weighted by Gasteiger charge is 2.10. The predicted octanol–water partition coefficient (Wildman–Crippen LogP) is 12.3. The van der Waals surface area contributed by atoms with Gasteiger partial charge in [-0.15, -0.1) is 20.4 Å². The summed E-state index contributed by atoms with van der Waals surface area (Å²) in [6, 6.07) is 44.9. The smallest absolute Gasteiger partial charge is 0.121 e. The Kier molecular flexibility index (Phi) is 11.7. The Hall–Kier alpha value is -6.74. The van der Waals surface area contributed by atoms with Crippen molar-refractivity contribution in [1.82, 2.24) is 30.0 Å². The molecule has 2 heterocycles. The molecule has 8 nitrogen and oxygen atoms in total. The first kappa shape index (κ1) is 38.0. The topological polar surface area (TPSA) is 86.1 Å². The molecule has 0 aliphatic heterocycles. The number of aryl methyl sites for hydroxylation is 2. The van der Waals surface area contributed by atoms with Gasteiger partial charge in [-0.25, -0.2) is 0 Å². The minimum atomic E-state index is 0. The first-order valence-electron chi connectivity index (χ1n) is 18.5. The van der Waals surface area contributed by atoms with Crippen LogP contribution in [0.2, 0.25) is 0 Å². The third kappa shape index (κ3) is 7.82. The van der Waals surface area contributed by atoms with Crippen molar-refractivity contribution in [3.05, 3.63) is 156 Å². The first-order chi connectivity index (χ1) is 26.6. The first-order valence-corrected chi connectivity index (χ1v) is 18.5. The van der Waals surface area contributed by atoms with Crippen molar-refractivity contribution >= 4 is 75.6 Å². The van der Waals surface area contributed by atoms with Crippen LogP contribution in [0.15, 0.2) is 144 Å². The molecule has 0 aliphatic carbocycles. The quantitative estimate of drug-likeness (QED) is 0.0973. The monoisotopic (exact) mass is 717 g/mol. The number of azo groups is 1. The zero-order valence-corrected chi connectivity index (χ0v) is 32.0. The Morgan fingerprint density at radius 3 is 1.45 bits per heavy atom. The van der Waals surface area contributed by atoms with Gasteiger partial charge in [-0.2, -0.15) is 19.8 Å². The SMILES string of the molecule is CC.CC.Cc1cc(N=Nc2ccc(-n3nc4ccc5ccccc5c4n3)cc2)ccc1C=Cc1ccc(-n2nc3ccc4ccccc4c3n2)cc1C.[B]. The van der Waals surface area contributed by atoms with Gasteiger partial charge in [-0.3, -0.25) is 0 Å². The minimum Gasteiger partial charge on any atom is -0.151 e. The fourth-order valence-corrected chi connectivity index (χ4v) is 6.36. The average Bonchev–Trinajstić information content (AvgIpc) is 3.88. The maximum Gasteiger partial charge on any atom is 0.121 e. The summed E-state index contributed by atoms with van der Waals surface area (Å²) in [6.45, 7) is 12.2. The van der Waals surface area contributed by atoms with Crippen LogP contribution in [0.25, 0.3) is 67.1 Å². The summed E-state index contributed by atoms with van der Waals surface area (Å²) in [4.78, 5) is 3.40. The molecule has 55 heavy (non-hydrogen) atoms. The van der Waals surface area contributed by atoms with Crippen LogP contribution in [-0.4, -0.2) is 38.4 Å². The lowest BCUT2D eigenvalue weighted by molar-refractivity contribution is 0.765. The molecule has 0 unspecified atom stereocenters. The Labute approximate surface area is 323 Å². The highest BCUT2D eigenvalue weighted by molar-refractivity contribution is 6.04. The van der Waals surface area contributed by atoms with E-state index in [1.54, 1.807) is 9.59 Å². The highest BCUT2D eigenvalue weighted by Crippen LogP contribution is 2.27. The van der Waals surface area contributed by atoms with E-state index in [2.05, 4.69) is 108 Å². The summed E-state index contributed by atoms with van der Waals surface area (Å²) in [5, 5.41) is 32.5. The Morgan fingerprint density at radius 2 is 0.909 bits per heavy atom. The van der Waals surface area contributed by atoms with Gasteiger partial charge in [0.25, 0.3) is 0 Å². The molecule has 0 fully saturated rings. The number of aromatic nitrogens is 6. The van der Waals surface area contributed by atoms with Crippen molar-refractivity contribution < 1.29 is 0 Å². The molecule has 0 amide bonds. The second kappa shape index (κ2) is 16.9. The summed E-state index contributed by atoms with van der Waals surface area (Å²) < 4.78 is 0. The highest BCUT2D eigenvalue weighted by atomic mass is 15.5. The maximum absolute atomic E-state index is 4.83. The Balaban J connectivity index is 0.000000998. The van der Waals surface area contributed by atoms with Gasteiger partial charge < -0.3 is 0 Å². The van der Waals surface area contributed by atoms with E-state index in [1.165, 1.54) is 0 Å². The second-order valence-corrected chi connectivity index (χ2v) is 12.4. The van der Waals surface area contributed by atoms with Crippen LogP contribution in [0.3, 0.4) is 0 Å². The Bertz CT molecular complexity index is 2800. The number of nitrogens with zero attached hydrogens (tertiary/aromatic N) is 8. The lowest BCUT2D eigenvalue weighted by atomic mass is 10.0. The fraction of sp³-hybridized carbons (Fsp3) is 0.130. The van der Waals surface area contributed by atoms with E-state index in [1.807, 2.05) is 94.4 Å². The Morgan fingerprint density at radius 1 is 0.455 bits per heavy atom. The van der Waals surface area contributed by atoms with E-state index < -0.39 is 0 Å². The summed E-state index contributed by atoms with van der Waals surface area (Å²) >= 11 is 0. The molecule has 9 heteroatoms. The molecule has 9 rings (SSSR count). The molecule has 0 atom stereocenters. The van der Waals surface area contributed by atoms with Crippen LogP contribution in [0.4, 0.5) is 11.4 Å². The van der Waals surface area contributed by atoms with Gasteiger partial charge in [0.05, 0.1) is 22.7 Å². The second-order valence-electron chi connectivity index (χ2n) is 12.4. The molecule has 0 saturated heterocycles. The summed E-state index contributed by atoms with van der Waals surface area (Å²) in [7, 11) is 0. The van der Waals surface area contributed by atoms with Crippen molar-refractivity contribution in [3.8, 4) is 11.4 Å². The molecule has 269 valence electrons. The van der Waals surface area contributed by atoms with E-state index in [9.17, 15) is 0 Å². The van der Waals surface area contributed by atoms with Gasteiger partial charge in [0.2, 0.25) is 0 Å². The predicted molar refractivity (Wildman–Crippen MR) is 230 cm³/mol. The standard InChI is InChI=1S/C42H30N8.2C2H6.B/c1-27-25-34(44-43-33-18-21-35(22-19-33)49-45-39-23-15-31-7-3-5-9-37(31)41(39)47-49)17-13-29(27)11-12-30-14-20-36(26-28(30)2)50-46-40-24-16-32-8-4-6-10-38(32)42(40)48-50;2*1-2;/h3-26H,1-2H3;2*1-2H3;.